The maximum Gasteiger partial charge on any atom is 0.311 e. The van der Waals surface area contributed by atoms with Crippen LogP contribution in [0.5, 0.6) is 0 Å². The summed E-state index contributed by atoms with van der Waals surface area (Å²) in [7, 11) is 0. The van der Waals surface area contributed by atoms with Crippen LogP contribution in [0.25, 0.3) is 5.69 Å². The van der Waals surface area contributed by atoms with E-state index in [1.165, 1.54) is 22.9 Å². The molecule has 0 fully saturated rings. The van der Waals surface area contributed by atoms with E-state index >= 15 is 0 Å². The van der Waals surface area contributed by atoms with Crippen LogP contribution in [0.1, 0.15) is 42.9 Å². The van der Waals surface area contributed by atoms with Crippen molar-refractivity contribution in [3.05, 3.63) is 40.4 Å². The fourth-order valence-electron chi connectivity index (χ4n) is 2.61. The normalized spacial score (nSPS) is 11.4. The lowest BCUT2D eigenvalue weighted by atomic mass is 9.82. The Labute approximate surface area is 155 Å². The van der Waals surface area contributed by atoms with Gasteiger partial charge in [0.15, 0.2) is 5.69 Å². The molecule has 0 atom stereocenters. The van der Waals surface area contributed by atoms with Crippen LogP contribution in [0.2, 0.25) is 5.02 Å². The van der Waals surface area contributed by atoms with Crippen LogP contribution in [0, 0.1) is 18.2 Å². The van der Waals surface area contributed by atoms with Crippen LogP contribution in [-0.4, -0.2) is 38.5 Å². The van der Waals surface area contributed by atoms with Crippen LogP contribution < -0.4 is 5.32 Å². The van der Waals surface area contributed by atoms with Crippen LogP contribution in [-0.2, 0) is 4.79 Å². The molecule has 1 heterocycles. The largest absolute Gasteiger partial charge is 0.481 e. The second-order valence-corrected chi connectivity index (χ2v) is 6.42. The predicted molar refractivity (Wildman–Crippen MR) is 94.0 cm³/mol. The molecule has 2 aromatic rings. The Hall–Kier alpha value is -2.48. The van der Waals surface area contributed by atoms with Crippen molar-refractivity contribution in [2.45, 2.75) is 33.6 Å². The number of carbonyl (C=O) groups excluding carboxylic acids is 1. The fourth-order valence-corrected chi connectivity index (χ4v) is 2.79. The van der Waals surface area contributed by atoms with Gasteiger partial charge in [-0.25, -0.2) is 9.07 Å². The Morgan fingerprint density at radius 1 is 1.35 bits per heavy atom. The van der Waals surface area contributed by atoms with Crippen LogP contribution in [0.4, 0.5) is 4.39 Å². The van der Waals surface area contributed by atoms with E-state index in [9.17, 15) is 19.1 Å². The van der Waals surface area contributed by atoms with Crippen molar-refractivity contribution in [3.8, 4) is 5.69 Å². The minimum atomic E-state index is -1.02. The zero-order valence-electron chi connectivity index (χ0n) is 14.7. The van der Waals surface area contributed by atoms with Crippen molar-refractivity contribution in [1.29, 1.82) is 0 Å². The summed E-state index contributed by atoms with van der Waals surface area (Å²) < 4.78 is 14.7. The van der Waals surface area contributed by atoms with Gasteiger partial charge in [0, 0.05) is 6.54 Å². The molecule has 140 valence electrons. The maximum atomic E-state index is 13.3. The van der Waals surface area contributed by atoms with Crippen molar-refractivity contribution >= 4 is 23.5 Å². The summed E-state index contributed by atoms with van der Waals surface area (Å²) in [6, 6.07) is 4.04. The highest BCUT2D eigenvalue weighted by molar-refractivity contribution is 6.30. The molecule has 1 aromatic heterocycles. The number of carboxylic acid groups (broad SMARTS) is 1. The second-order valence-electron chi connectivity index (χ2n) is 6.01. The van der Waals surface area contributed by atoms with Gasteiger partial charge >= 0.3 is 5.97 Å². The van der Waals surface area contributed by atoms with Crippen LogP contribution >= 0.6 is 11.6 Å². The van der Waals surface area contributed by atoms with Crippen molar-refractivity contribution < 1.29 is 19.1 Å². The maximum absolute atomic E-state index is 13.3. The van der Waals surface area contributed by atoms with Gasteiger partial charge in [0.05, 0.1) is 21.8 Å². The van der Waals surface area contributed by atoms with Gasteiger partial charge in [-0.1, -0.05) is 30.7 Å². The SMILES string of the molecule is CCC(CC)(CNC(=O)c1nnn(-c2ccc(F)c(Cl)c2)c1C)C(=O)O. The minimum absolute atomic E-state index is 0.0111. The van der Waals surface area contributed by atoms with Gasteiger partial charge in [-0.15, -0.1) is 5.10 Å². The highest BCUT2D eigenvalue weighted by Crippen LogP contribution is 2.26. The van der Waals surface area contributed by atoms with E-state index < -0.39 is 23.1 Å². The molecule has 0 spiro atoms. The predicted octanol–water partition coefficient (Wildman–Crippen LogP) is 2.99. The van der Waals surface area contributed by atoms with E-state index in [-0.39, 0.29) is 17.3 Å². The van der Waals surface area contributed by atoms with Crippen molar-refractivity contribution in [2.75, 3.05) is 6.54 Å². The van der Waals surface area contributed by atoms with E-state index in [0.717, 1.165) is 0 Å². The summed E-state index contributed by atoms with van der Waals surface area (Å²) in [5.41, 5.74) is -0.0668. The fraction of sp³-hybridized carbons (Fsp3) is 0.412. The number of hydrogen-bond donors (Lipinski definition) is 2. The lowest BCUT2D eigenvalue weighted by Gasteiger charge is -2.26. The Kier molecular flexibility index (Phi) is 5.97. The summed E-state index contributed by atoms with van der Waals surface area (Å²) >= 11 is 5.78. The first-order valence-electron chi connectivity index (χ1n) is 8.15. The molecule has 1 aromatic carbocycles. The number of aliphatic carboxylic acids is 1. The highest BCUT2D eigenvalue weighted by Gasteiger charge is 2.35. The van der Waals surface area contributed by atoms with Gasteiger partial charge in [-0.05, 0) is 38.0 Å². The van der Waals surface area contributed by atoms with Gasteiger partial charge in [0.25, 0.3) is 5.91 Å². The summed E-state index contributed by atoms with van der Waals surface area (Å²) in [4.78, 5) is 23.9. The Morgan fingerprint density at radius 3 is 2.54 bits per heavy atom. The molecule has 2 rings (SSSR count). The van der Waals surface area contributed by atoms with E-state index in [1.807, 2.05) is 0 Å². The van der Waals surface area contributed by atoms with E-state index in [1.54, 1.807) is 20.8 Å². The molecule has 2 N–H and O–H groups in total. The number of amides is 1. The van der Waals surface area contributed by atoms with Gasteiger partial charge in [-0.3, -0.25) is 9.59 Å². The van der Waals surface area contributed by atoms with E-state index in [0.29, 0.717) is 24.2 Å². The minimum Gasteiger partial charge on any atom is -0.481 e. The standard InChI is InChI=1S/C17H20ClFN4O3/c1-4-17(5-2,16(25)26)9-20-15(24)14-10(3)23(22-21-14)11-6-7-13(19)12(18)8-11/h6-8H,4-5,9H2,1-3H3,(H,20,24)(H,25,26). The van der Waals surface area contributed by atoms with Gasteiger partial charge in [-0.2, -0.15) is 0 Å². The first-order chi connectivity index (χ1) is 12.3. The lowest BCUT2D eigenvalue weighted by molar-refractivity contribution is -0.149. The number of rotatable bonds is 7. The molecular weight excluding hydrogens is 363 g/mol. The summed E-state index contributed by atoms with van der Waals surface area (Å²) in [6.45, 7) is 5.16. The second kappa shape index (κ2) is 7.82. The van der Waals surface area contributed by atoms with Crippen molar-refractivity contribution in [3.63, 3.8) is 0 Å². The molecule has 0 saturated heterocycles. The molecule has 0 aliphatic heterocycles. The highest BCUT2D eigenvalue weighted by atomic mass is 35.5. The quantitative estimate of drug-likeness (QED) is 0.767. The number of nitrogens with zero attached hydrogens (tertiary/aromatic N) is 3. The zero-order valence-corrected chi connectivity index (χ0v) is 15.5. The Morgan fingerprint density at radius 2 is 2.00 bits per heavy atom. The number of halogens is 2. The topological polar surface area (TPSA) is 97.1 Å². The molecule has 9 heteroatoms. The molecular formula is C17H20ClFN4O3. The summed E-state index contributed by atoms with van der Waals surface area (Å²) in [5, 5.41) is 19.8. The summed E-state index contributed by atoms with van der Waals surface area (Å²) in [6.07, 6.45) is 0.776. The van der Waals surface area contributed by atoms with Crippen molar-refractivity contribution in [2.24, 2.45) is 5.41 Å². The zero-order chi connectivity index (χ0) is 19.5. The number of hydrogen-bond acceptors (Lipinski definition) is 4. The van der Waals surface area contributed by atoms with E-state index in [2.05, 4.69) is 15.6 Å². The lowest BCUT2D eigenvalue weighted by Crippen LogP contribution is -2.42. The number of aromatic nitrogens is 3. The third kappa shape index (κ3) is 3.70. The molecule has 1 amide bonds. The Balaban J connectivity index is 2.22. The number of carbonyl (C=O) groups is 2. The molecule has 0 saturated carbocycles. The molecule has 26 heavy (non-hydrogen) atoms. The first-order valence-corrected chi connectivity index (χ1v) is 8.53. The number of benzene rings is 1. The molecule has 0 radical (unpaired) electrons. The van der Waals surface area contributed by atoms with Crippen LogP contribution in [0.3, 0.4) is 0 Å². The molecule has 0 bridgehead atoms. The van der Waals surface area contributed by atoms with Gasteiger partial charge in [0.2, 0.25) is 0 Å². The first kappa shape index (κ1) is 19.8. The molecule has 0 aliphatic carbocycles. The smallest absolute Gasteiger partial charge is 0.311 e. The summed E-state index contributed by atoms with van der Waals surface area (Å²) in [5.74, 6) is -2.03. The average Bonchev–Trinajstić information content (AvgIpc) is 3.00. The number of carboxylic acids is 1. The monoisotopic (exact) mass is 382 g/mol. The van der Waals surface area contributed by atoms with Crippen molar-refractivity contribution in [1.82, 2.24) is 20.3 Å². The molecule has 0 aliphatic rings. The Bertz CT molecular complexity index is 833. The molecule has 7 nitrogen and oxygen atoms in total. The van der Waals surface area contributed by atoms with E-state index in [4.69, 9.17) is 11.6 Å². The van der Waals surface area contributed by atoms with Gasteiger partial charge < -0.3 is 10.4 Å². The van der Waals surface area contributed by atoms with Gasteiger partial charge in [0.1, 0.15) is 5.82 Å². The number of nitrogens with one attached hydrogen (secondary N) is 1. The molecule has 0 unspecified atom stereocenters. The van der Waals surface area contributed by atoms with Crippen LogP contribution in [0.15, 0.2) is 18.2 Å². The third-order valence-corrected chi connectivity index (χ3v) is 4.94. The average molecular weight is 383 g/mol. The third-order valence-electron chi connectivity index (χ3n) is 4.65.